The molecule has 0 aliphatic heterocycles. The number of fused-ring (bicyclic) bond motifs is 2. The van der Waals surface area contributed by atoms with E-state index in [9.17, 15) is 9.59 Å². The molecule has 6 heteroatoms. The fourth-order valence-electron chi connectivity index (χ4n) is 3.59. The maximum Gasteiger partial charge on any atom is 0.513 e. The number of carbonyl (C=O) groups is 2. The Morgan fingerprint density at radius 3 is 1.29 bits per heavy atom. The third kappa shape index (κ3) is 6.61. The van der Waals surface area contributed by atoms with Crippen LogP contribution in [0.15, 0.2) is 73.8 Å². The average Bonchev–Trinajstić information content (AvgIpc) is 2.85. The van der Waals surface area contributed by atoms with Crippen LogP contribution in [0.3, 0.4) is 0 Å². The smallest absolute Gasteiger partial charge is 0.434 e. The van der Waals surface area contributed by atoms with E-state index in [1.165, 1.54) is 0 Å². The summed E-state index contributed by atoms with van der Waals surface area (Å²) in [5, 5.41) is 2.49. The fraction of sp³-hybridized carbons (Fsp3) is 0.286. The van der Waals surface area contributed by atoms with Crippen molar-refractivity contribution in [2.45, 2.75) is 38.5 Å². The predicted molar refractivity (Wildman–Crippen MR) is 134 cm³/mol. The number of allylic oxidation sites excluding steroid dienone is 2. The summed E-state index contributed by atoms with van der Waals surface area (Å²) in [5.41, 5.74) is 0. The maximum atomic E-state index is 12.4. The highest BCUT2D eigenvalue weighted by atomic mass is 16.7. The molecule has 0 aromatic heterocycles. The van der Waals surface area contributed by atoms with Gasteiger partial charge in [0.1, 0.15) is 11.5 Å². The molecule has 34 heavy (non-hydrogen) atoms. The van der Waals surface area contributed by atoms with E-state index in [0.29, 0.717) is 33.0 Å². The predicted octanol–water partition coefficient (Wildman–Crippen LogP) is 7.74. The summed E-state index contributed by atoms with van der Waals surface area (Å²) in [5.74, 6) is 0.708. The molecule has 0 saturated heterocycles. The first-order chi connectivity index (χ1) is 16.7. The molecule has 3 aromatic rings. The topological polar surface area (TPSA) is 71.1 Å². The number of hydrogen-bond acceptors (Lipinski definition) is 6. The van der Waals surface area contributed by atoms with Crippen molar-refractivity contribution in [2.75, 3.05) is 13.2 Å². The summed E-state index contributed by atoms with van der Waals surface area (Å²) < 4.78 is 21.8. The largest absolute Gasteiger partial charge is 0.513 e. The van der Waals surface area contributed by atoms with Crippen molar-refractivity contribution in [2.24, 2.45) is 0 Å². The second-order valence-electron chi connectivity index (χ2n) is 7.72. The molecule has 178 valence electrons. The van der Waals surface area contributed by atoms with Crippen molar-refractivity contribution >= 4 is 33.9 Å². The monoisotopic (exact) mass is 462 g/mol. The summed E-state index contributed by atoms with van der Waals surface area (Å²) >= 11 is 0. The van der Waals surface area contributed by atoms with Crippen molar-refractivity contribution in [3.63, 3.8) is 0 Å². The van der Waals surface area contributed by atoms with Gasteiger partial charge >= 0.3 is 12.3 Å². The summed E-state index contributed by atoms with van der Waals surface area (Å²) in [6.45, 7) is 7.90. The Kier molecular flexibility index (Phi) is 9.52. The lowest BCUT2D eigenvalue weighted by atomic mass is 10.0. The zero-order valence-corrected chi connectivity index (χ0v) is 19.3. The zero-order chi connectivity index (χ0) is 24.2. The van der Waals surface area contributed by atoms with Gasteiger partial charge in [0, 0.05) is 21.5 Å². The van der Waals surface area contributed by atoms with Gasteiger partial charge in [-0.15, -0.1) is 13.2 Å². The highest BCUT2D eigenvalue weighted by Crippen LogP contribution is 2.42. The Morgan fingerprint density at radius 1 is 0.618 bits per heavy atom. The maximum absolute atomic E-state index is 12.4. The number of carbonyl (C=O) groups excluding carboxylic acids is 2. The van der Waals surface area contributed by atoms with Crippen LogP contribution in [0.5, 0.6) is 11.5 Å². The van der Waals surface area contributed by atoms with Gasteiger partial charge in [-0.3, -0.25) is 0 Å². The van der Waals surface area contributed by atoms with E-state index in [1.54, 1.807) is 0 Å². The van der Waals surface area contributed by atoms with E-state index < -0.39 is 12.3 Å². The minimum Gasteiger partial charge on any atom is -0.434 e. The summed E-state index contributed by atoms with van der Waals surface area (Å²) in [6, 6.07) is 14.5. The Balaban J connectivity index is 1.84. The molecule has 6 nitrogen and oxygen atoms in total. The van der Waals surface area contributed by atoms with Gasteiger partial charge in [0.05, 0.1) is 13.2 Å². The minimum atomic E-state index is -0.776. The number of rotatable bonds is 12. The van der Waals surface area contributed by atoms with Gasteiger partial charge in [-0.25, -0.2) is 9.59 Å². The molecule has 0 fully saturated rings. The van der Waals surface area contributed by atoms with Gasteiger partial charge in [0.15, 0.2) is 0 Å². The van der Waals surface area contributed by atoms with Crippen molar-refractivity contribution in [3.05, 3.63) is 73.8 Å². The van der Waals surface area contributed by atoms with Crippen molar-refractivity contribution in [3.8, 4) is 11.5 Å². The molecule has 0 unspecified atom stereocenters. The molecule has 0 radical (unpaired) electrons. The van der Waals surface area contributed by atoms with Crippen molar-refractivity contribution < 1.29 is 28.5 Å². The van der Waals surface area contributed by atoms with Crippen molar-refractivity contribution in [1.82, 2.24) is 0 Å². The molecular weight excluding hydrogens is 432 g/mol. The molecule has 0 heterocycles. The van der Waals surface area contributed by atoms with Gasteiger partial charge in [-0.2, -0.15) is 0 Å². The van der Waals surface area contributed by atoms with Crippen LogP contribution in [0.1, 0.15) is 38.5 Å². The standard InChI is InChI=1S/C28H30O6/c1-3-5-7-13-19-31-27(29)33-25-21-15-9-11-17-23(21)26(24-18-12-10-16-22(24)25)34-28(30)32-20-14-8-6-4-2/h3-4,9-12,15-18H,1-2,5-8,13-14,19-20H2. The molecule has 0 bridgehead atoms. The van der Waals surface area contributed by atoms with E-state index in [2.05, 4.69) is 13.2 Å². The lowest BCUT2D eigenvalue weighted by Crippen LogP contribution is -2.13. The highest BCUT2D eigenvalue weighted by molar-refractivity contribution is 6.12. The summed E-state index contributed by atoms with van der Waals surface area (Å²) in [4.78, 5) is 24.8. The Morgan fingerprint density at radius 2 is 0.971 bits per heavy atom. The molecule has 0 atom stereocenters. The second kappa shape index (κ2) is 13.0. The first-order valence-electron chi connectivity index (χ1n) is 11.5. The quantitative estimate of drug-likeness (QED) is 0.0901. The van der Waals surface area contributed by atoms with Crippen LogP contribution in [0.4, 0.5) is 9.59 Å². The van der Waals surface area contributed by atoms with Gasteiger partial charge in [-0.05, 0) is 38.5 Å². The molecule has 0 spiro atoms. The average molecular weight is 463 g/mol. The minimum absolute atomic E-state index is 0.266. The molecule has 3 rings (SSSR count). The van der Waals surface area contributed by atoms with Crippen LogP contribution in [-0.2, 0) is 9.47 Å². The van der Waals surface area contributed by atoms with Gasteiger partial charge in [0.25, 0.3) is 0 Å². The number of unbranched alkanes of at least 4 members (excludes halogenated alkanes) is 4. The molecule has 0 saturated carbocycles. The first kappa shape index (κ1) is 24.8. The van der Waals surface area contributed by atoms with Crippen LogP contribution in [0.25, 0.3) is 21.5 Å². The Bertz CT molecular complexity index is 1000. The summed E-state index contributed by atoms with van der Waals surface area (Å²) in [6.07, 6.45) is 7.08. The fourth-order valence-corrected chi connectivity index (χ4v) is 3.59. The SMILES string of the molecule is C=CCCCCOC(=O)Oc1c2ccccc2c(OC(=O)OCCCCC=C)c2ccccc12. The third-order valence-electron chi connectivity index (χ3n) is 5.25. The van der Waals surface area contributed by atoms with Crippen LogP contribution < -0.4 is 9.47 Å². The van der Waals surface area contributed by atoms with E-state index in [-0.39, 0.29) is 13.2 Å². The van der Waals surface area contributed by atoms with E-state index >= 15 is 0 Å². The van der Waals surface area contributed by atoms with Gasteiger partial charge in [-0.1, -0.05) is 60.7 Å². The molecule has 3 aromatic carbocycles. The van der Waals surface area contributed by atoms with Gasteiger partial charge in [0.2, 0.25) is 0 Å². The highest BCUT2D eigenvalue weighted by Gasteiger charge is 2.20. The molecule has 0 aliphatic rings. The van der Waals surface area contributed by atoms with Gasteiger partial charge < -0.3 is 18.9 Å². The second-order valence-corrected chi connectivity index (χ2v) is 7.72. The molecular formula is C28H30O6. The van der Waals surface area contributed by atoms with E-state index in [1.807, 2.05) is 60.7 Å². The van der Waals surface area contributed by atoms with E-state index in [0.717, 1.165) is 38.5 Å². The third-order valence-corrected chi connectivity index (χ3v) is 5.25. The zero-order valence-electron chi connectivity index (χ0n) is 19.3. The number of ether oxygens (including phenoxy) is 4. The molecule has 0 aliphatic carbocycles. The van der Waals surface area contributed by atoms with Crippen LogP contribution in [0.2, 0.25) is 0 Å². The normalized spacial score (nSPS) is 10.6. The summed E-state index contributed by atoms with van der Waals surface area (Å²) in [7, 11) is 0. The number of benzene rings is 3. The number of hydrogen-bond donors (Lipinski definition) is 0. The van der Waals surface area contributed by atoms with Crippen LogP contribution >= 0.6 is 0 Å². The molecule has 0 amide bonds. The van der Waals surface area contributed by atoms with E-state index in [4.69, 9.17) is 18.9 Å². The first-order valence-corrected chi connectivity index (χ1v) is 11.5. The Hall–Kier alpha value is -3.80. The molecule has 0 N–H and O–H groups in total. The van der Waals surface area contributed by atoms with Crippen molar-refractivity contribution in [1.29, 1.82) is 0 Å². The van der Waals surface area contributed by atoms with Crippen LogP contribution in [-0.4, -0.2) is 25.5 Å². The lowest BCUT2D eigenvalue weighted by molar-refractivity contribution is 0.0968. The lowest BCUT2D eigenvalue weighted by Gasteiger charge is -2.16. The van der Waals surface area contributed by atoms with Crippen LogP contribution in [0, 0.1) is 0 Å². The Labute approximate surface area is 199 Å².